The summed E-state index contributed by atoms with van der Waals surface area (Å²) in [7, 11) is 5.14. The summed E-state index contributed by atoms with van der Waals surface area (Å²) in [4.78, 5) is 0. The highest BCUT2D eigenvalue weighted by molar-refractivity contribution is 5.64. The lowest BCUT2D eigenvalue weighted by Gasteiger charge is -2.07. The first-order chi connectivity index (χ1) is 9.78. The molecule has 1 heterocycles. The number of hydrogen-bond donors (Lipinski definition) is 1. The molecule has 0 amide bonds. The number of aromatic nitrogens is 2. The third kappa shape index (κ3) is 3.27. The third-order valence-electron chi connectivity index (χ3n) is 2.92. The highest BCUT2D eigenvalue weighted by atomic mass is 16.5. The minimum atomic E-state index is 0.445. The van der Waals surface area contributed by atoms with Gasteiger partial charge in [-0.1, -0.05) is 0 Å². The molecule has 2 rings (SSSR count). The molecule has 2 aromatic rings. The Morgan fingerprint density at radius 1 is 1.20 bits per heavy atom. The number of methoxy groups -OCH3 is 2. The molecule has 1 aromatic carbocycles. The van der Waals surface area contributed by atoms with Gasteiger partial charge in [-0.3, -0.25) is 0 Å². The van der Waals surface area contributed by atoms with Crippen LogP contribution in [0.3, 0.4) is 0 Å². The van der Waals surface area contributed by atoms with Gasteiger partial charge >= 0.3 is 0 Å². The molecule has 0 spiro atoms. The summed E-state index contributed by atoms with van der Waals surface area (Å²) in [5.74, 6) is 2.47. The first kappa shape index (κ1) is 14.3. The molecular weight excluding hydrogens is 258 g/mol. The Kier molecular flexibility index (Phi) is 4.95. The van der Waals surface area contributed by atoms with Crippen molar-refractivity contribution in [2.24, 2.45) is 0 Å². The van der Waals surface area contributed by atoms with Crippen LogP contribution in [0.1, 0.15) is 12.3 Å². The molecule has 6 heteroatoms. The average molecular weight is 277 g/mol. The molecule has 0 bridgehead atoms. The number of aryl methyl sites for hydroxylation is 1. The Hall–Kier alpha value is -2.08. The molecule has 20 heavy (non-hydrogen) atoms. The van der Waals surface area contributed by atoms with Crippen molar-refractivity contribution in [2.75, 3.05) is 27.8 Å². The number of hydrogen-bond acceptors (Lipinski definition) is 6. The predicted octanol–water partition coefficient (Wildman–Crippen LogP) is 1.91. The summed E-state index contributed by atoms with van der Waals surface area (Å²) < 4.78 is 16.2. The van der Waals surface area contributed by atoms with Crippen LogP contribution in [0.2, 0.25) is 0 Å². The summed E-state index contributed by atoms with van der Waals surface area (Å²) in [5.41, 5.74) is 0.735. The minimum absolute atomic E-state index is 0.445. The predicted molar refractivity (Wildman–Crippen MR) is 75.1 cm³/mol. The number of nitrogens with zero attached hydrogens (tertiary/aromatic N) is 2. The van der Waals surface area contributed by atoms with Crippen LogP contribution >= 0.6 is 0 Å². The van der Waals surface area contributed by atoms with E-state index in [1.807, 2.05) is 25.2 Å². The van der Waals surface area contributed by atoms with Crippen molar-refractivity contribution in [3.63, 3.8) is 0 Å². The molecule has 0 saturated carbocycles. The molecule has 0 saturated heterocycles. The maximum atomic E-state index is 5.67. The maximum absolute atomic E-state index is 5.67. The number of ether oxygens (including phenoxy) is 2. The zero-order chi connectivity index (χ0) is 14.4. The first-order valence-corrected chi connectivity index (χ1v) is 6.48. The lowest BCUT2D eigenvalue weighted by molar-refractivity contribution is 0.402. The van der Waals surface area contributed by atoms with Gasteiger partial charge in [0.1, 0.15) is 11.5 Å². The fraction of sp³-hybridized carbons (Fsp3) is 0.429. The first-order valence-electron chi connectivity index (χ1n) is 6.48. The van der Waals surface area contributed by atoms with Crippen LogP contribution in [0.4, 0.5) is 0 Å². The fourth-order valence-electron chi connectivity index (χ4n) is 1.86. The van der Waals surface area contributed by atoms with Gasteiger partial charge in [0.2, 0.25) is 5.89 Å². The monoisotopic (exact) mass is 277 g/mol. The van der Waals surface area contributed by atoms with Crippen molar-refractivity contribution in [1.29, 1.82) is 0 Å². The molecule has 0 aliphatic carbocycles. The number of rotatable bonds is 7. The van der Waals surface area contributed by atoms with E-state index in [0.29, 0.717) is 17.5 Å². The van der Waals surface area contributed by atoms with E-state index >= 15 is 0 Å². The molecule has 0 unspecified atom stereocenters. The van der Waals surface area contributed by atoms with Gasteiger partial charge in [-0.2, -0.15) is 0 Å². The lowest BCUT2D eigenvalue weighted by atomic mass is 10.2. The maximum Gasteiger partial charge on any atom is 0.251 e. The van der Waals surface area contributed by atoms with Crippen LogP contribution in [-0.4, -0.2) is 38.0 Å². The Morgan fingerprint density at radius 3 is 2.75 bits per heavy atom. The van der Waals surface area contributed by atoms with Crippen molar-refractivity contribution in [2.45, 2.75) is 12.8 Å². The summed E-state index contributed by atoms with van der Waals surface area (Å²) in [6.45, 7) is 0.917. The Labute approximate surface area is 118 Å². The zero-order valence-electron chi connectivity index (χ0n) is 12.0. The number of nitrogens with one attached hydrogen (secondary N) is 1. The summed E-state index contributed by atoms with van der Waals surface area (Å²) in [6, 6.07) is 5.47. The van der Waals surface area contributed by atoms with Crippen LogP contribution in [-0.2, 0) is 6.42 Å². The molecule has 6 nitrogen and oxygen atoms in total. The molecule has 0 aliphatic heterocycles. The van der Waals surface area contributed by atoms with E-state index in [4.69, 9.17) is 13.9 Å². The van der Waals surface area contributed by atoms with Crippen LogP contribution in [0, 0.1) is 0 Å². The van der Waals surface area contributed by atoms with Crippen molar-refractivity contribution >= 4 is 0 Å². The van der Waals surface area contributed by atoms with Gasteiger partial charge < -0.3 is 19.2 Å². The molecule has 1 N–H and O–H groups in total. The lowest BCUT2D eigenvalue weighted by Crippen LogP contribution is -2.08. The second-order valence-electron chi connectivity index (χ2n) is 4.27. The van der Waals surface area contributed by atoms with Gasteiger partial charge in [0.25, 0.3) is 5.89 Å². The van der Waals surface area contributed by atoms with Gasteiger partial charge in [0, 0.05) is 6.42 Å². The van der Waals surface area contributed by atoms with Gasteiger partial charge in [0.15, 0.2) is 0 Å². The third-order valence-corrected chi connectivity index (χ3v) is 2.92. The van der Waals surface area contributed by atoms with Gasteiger partial charge in [0.05, 0.1) is 19.8 Å². The van der Waals surface area contributed by atoms with Crippen LogP contribution in [0.15, 0.2) is 22.6 Å². The molecule has 0 radical (unpaired) electrons. The second-order valence-corrected chi connectivity index (χ2v) is 4.27. The Balaban J connectivity index is 2.22. The largest absolute Gasteiger partial charge is 0.497 e. The molecular formula is C14H19N3O3. The van der Waals surface area contributed by atoms with Crippen LogP contribution in [0.5, 0.6) is 11.5 Å². The van der Waals surface area contributed by atoms with Gasteiger partial charge in [-0.25, -0.2) is 0 Å². The number of benzene rings is 1. The van der Waals surface area contributed by atoms with Gasteiger partial charge in [-0.05, 0) is 38.2 Å². The van der Waals surface area contributed by atoms with Crippen molar-refractivity contribution in [3.05, 3.63) is 24.1 Å². The topological polar surface area (TPSA) is 69.4 Å². The zero-order valence-corrected chi connectivity index (χ0v) is 12.0. The fourth-order valence-corrected chi connectivity index (χ4v) is 1.86. The van der Waals surface area contributed by atoms with Crippen LogP contribution in [0.25, 0.3) is 11.5 Å². The quantitative estimate of drug-likeness (QED) is 0.780. The minimum Gasteiger partial charge on any atom is -0.497 e. The van der Waals surface area contributed by atoms with Crippen molar-refractivity contribution in [1.82, 2.24) is 15.5 Å². The molecule has 0 aliphatic rings. The summed E-state index contributed by atoms with van der Waals surface area (Å²) >= 11 is 0. The summed E-state index contributed by atoms with van der Waals surface area (Å²) in [6.07, 6.45) is 1.70. The van der Waals surface area contributed by atoms with Crippen LogP contribution < -0.4 is 14.8 Å². The van der Waals surface area contributed by atoms with Crippen molar-refractivity contribution < 1.29 is 13.9 Å². The van der Waals surface area contributed by atoms with E-state index in [1.165, 1.54) is 0 Å². The second kappa shape index (κ2) is 6.91. The molecule has 1 aromatic heterocycles. The normalized spacial score (nSPS) is 10.6. The Morgan fingerprint density at radius 2 is 2.05 bits per heavy atom. The standard InChI is InChI=1S/C14H19N3O3/c1-15-8-4-5-13-16-17-14(20-13)11-9-10(18-2)6-7-12(11)19-3/h6-7,9,15H,4-5,8H2,1-3H3. The van der Waals surface area contributed by atoms with Crippen molar-refractivity contribution in [3.8, 4) is 23.0 Å². The van der Waals surface area contributed by atoms with E-state index in [-0.39, 0.29) is 0 Å². The van der Waals surface area contributed by atoms with E-state index in [0.717, 1.165) is 30.7 Å². The van der Waals surface area contributed by atoms with E-state index < -0.39 is 0 Å². The SMILES string of the molecule is CNCCCc1nnc(-c2cc(OC)ccc2OC)o1. The smallest absolute Gasteiger partial charge is 0.251 e. The Bertz CT molecular complexity index is 554. The highest BCUT2D eigenvalue weighted by Crippen LogP contribution is 2.32. The van der Waals surface area contributed by atoms with E-state index in [1.54, 1.807) is 14.2 Å². The molecule has 108 valence electrons. The van der Waals surface area contributed by atoms with Gasteiger partial charge in [-0.15, -0.1) is 10.2 Å². The average Bonchev–Trinajstić information content (AvgIpc) is 2.95. The van der Waals surface area contributed by atoms with E-state index in [2.05, 4.69) is 15.5 Å². The highest BCUT2D eigenvalue weighted by Gasteiger charge is 2.14. The van der Waals surface area contributed by atoms with E-state index in [9.17, 15) is 0 Å². The summed E-state index contributed by atoms with van der Waals surface area (Å²) in [5, 5.41) is 11.2. The molecule has 0 fully saturated rings. The molecule has 0 atom stereocenters.